The molecular formula is C8H8N2O2. The van der Waals surface area contributed by atoms with E-state index in [0.717, 1.165) is 30.5 Å². The molecule has 62 valence electrons. The molecule has 0 fully saturated rings. The van der Waals surface area contributed by atoms with Gasteiger partial charge in [-0.1, -0.05) is 0 Å². The standard InChI is InChI=1S/C8H8N2O2/c11-8(12)6-4-9-10-7-3-1-2-5(6)7/h4H,1-3H2,(H,11,12). The van der Waals surface area contributed by atoms with Crippen LogP contribution in [0.2, 0.25) is 0 Å². The van der Waals surface area contributed by atoms with E-state index in [-0.39, 0.29) is 0 Å². The summed E-state index contributed by atoms with van der Waals surface area (Å²) >= 11 is 0. The fraction of sp³-hybridized carbons (Fsp3) is 0.375. The van der Waals surface area contributed by atoms with Crippen LogP contribution < -0.4 is 0 Å². The largest absolute Gasteiger partial charge is 0.478 e. The maximum atomic E-state index is 10.7. The first kappa shape index (κ1) is 7.21. The van der Waals surface area contributed by atoms with Gasteiger partial charge in [0.25, 0.3) is 0 Å². The van der Waals surface area contributed by atoms with E-state index in [1.807, 2.05) is 0 Å². The van der Waals surface area contributed by atoms with Crippen LogP contribution in [0.4, 0.5) is 0 Å². The summed E-state index contributed by atoms with van der Waals surface area (Å²) in [5.41, 5.74) is 2.05. The lowest BCUT2D eigenvalue weighted by molar-refractivity contribution is 0.0695. The molecule has 0 saturated heterocycles. The Labute approximate surface area is 69.2 Å². The lowest BCUT2D eigenvalue weighted by Gasteiger charge is -1.99. The molecule has 0 spiro atoms. The first-order chi connectivity index (χ1) is 5.79. The molecular weight excluding hydrogens is 156 g/mol. The molecule has 1 aromatic rings. The van der Waals surface area contributed by atoms with Crippen LogP contribution in [0.15, 0.2) is 6.20 Å². The number of hydrogen-bond acceptors (Lipinski definition) is 3. The molecule has 0 unspecified atom stereocenters. The van der Waals surface area contributed by atoms with Gasteiger partial charge < -0.3 is 5.11 Å². The van der Waals surface area contributed by atoms with Crippen molar-refractivity contribution in [1.82, 2.24) is 10.2 Å². The minimum Gasteiger partial charge on any atom is -0.478 e. The Kier molecular flexibility index (Phi) is 1.53. The number of fused-ring (bicyclic) bond motifs is 1. The van der Waals surface area contributed by atoms with Gasteiger partial charge in [-0.15, -0.1) is 0 Å². The first-order valence-electron chi connectivity index (χ1n) is 3.86. The summed E-state index contributed by atoms with van der Waals surface area (Å²) in [7, 11) is 0. The molecule has 1 N–H and O–H groups in total. The average molecular weight is 164 g/mol. The Morgan fingerprint density at radius 1 is 1.50 bits per heavy atom. The number of aromatic nitrogens is 2. The summed E-state index contributed by atoms with van der Waals surface area (Å²) in [6.45, 7) is 0. The average Bonchev–Trinajstić information content (AvgIpc) is 2.49. The molecule has 2 rings (SSSR count). The number of nitrogens with zero attached hydrogens (tertiary/aromatic N) is 2. The van der Waals surface area contributed by atoms with E-state index in [1.165, 1.54) is 6.20 Å². The van der Waals surface area contributed by atoms with Crippen molar-refractivity contribution < 1.29 is 9.90 Å². The van der Waals surface area contributed by atoms with Gasteiger partial charge in [-0.25, -0.2) is 4.79 Å². The fourth-order valence-electron chi connectivity index (χ4n) is 1.55. The van der Waals surface area contributed by atoms with Crippen molar-refractivity contribution in [3.63, 3.8) is 0 Å². The van der Waals surface area contributed by atoms with Gasteiger partial charge in [0.15, 0.2) is 0 Å². The van der Waals surface area contributed by atoms with Crippen molar-refractivity contribution in [3.05, 3.63) is 23.0 Å². The lowest BCUT2D eigenvalue weighted by Crippen LogP contribution is -2.04. The molecule has 4 nitrogen and oxygen atoms in total. The van der Waals surface area contributed by atoms with Gasteiger partial charge in [-0.05, 0) is 24.8 Å². The normalized spacial score (nSPS) is 14.3. The number of carbonyl (C=O) groups is 1. The Hall–Kier alpha value is -1.45. The van der Waals surface area contributed by atoms with Gasteiger partial charge in [-0.3, -0.25) is 0 Å². The lowest BCUT2D eigenvalue weighted by atomic mass is 10.1. The predicted molar refractivity (Wildman–Crippen MR) is 41.0 cm³/mol. The Morgan fingerprint density at radius 2 is 2.33 bits per heavy atom. The van der Waals surface area contributed by atoms with E-state index in [4.69, 9.17) is 5.11 Å². The highest BCUT2D eigenvalue weighted by atomic mass is 16.4. The summed E-state index contributed by atoms with van der Waals surface area (Å²) < 4.78 is 0. The third-order valence-corrected chi connectivity index (χ3v) is 2.11. The Balaban J connectivity index is 2.56. The van der Waals surface area contributed by atoms with Crippen LogP contribution in [0.25, 0.3) is 0 Å². The second kappa shape index (κ2) is 2.55. The van der Waals surface area contributed by atoms with E-state index < -0.39 is 5.97 Å². The van der Waals surface area contributed by atoms with E-state index in [2.05, 4.69) is 10.2 Å². The van der Waals surface area contributed by atoms with Crippen molar-refractivity contribution in [2.24, 2.45) is 0 Å². The highest BCUT2D eigenvalue weighted by Gasteiger charge is 2.19. The van der Waals surface area contributed by atoms with Crippen molar-refractivity contribution in [1.29, 1.82) is 0 Å². The number of aryl methyl sites for hydroxylation is 1. The van der Waals surface area contributed by atoms with Crippen molar-refractivity contribution >= 4 is 5.97 Å². The summed E-state index contributed by atoms with van der Waals surface area (Å²) in [5.74, 6) is -0.900. The Morgan fingerprint density at radius 3 is 3.08 bits per heavy atom. The van der Waals surface area contributed by atoms with E-state index >= 15 is 0 Å². The molecule has 0 aliphatic heterocycles. The van der Waals surface area contributed by atoms with Crippen LogP contribution in [-0.2, 0) is 12.8 Å². The maximum absolute atomic E-state index is 10.7. The van der Waals surface area contributed by atoms with Crippen LogP contribution >= 0.6 is 0 Å². The number of aromatic carboxylic acids is 1. The van der Waals surface area contributed by atoms with Crippen molar-refractivity contribution in [3.8, 4) is 0 Å². The summed E-state index contributed by atoms with van der Waals surface area (Å²) in [4.78, 5) is 10.7. The molecule has 0 aromatic carbocycles. The number of carboxylic acids is 1. The van der Waals surface area contributed by atoms with Crippen LogP contribution in [0, 0.1) is 0 Å². The zero-order valence-electron chi connectivity index (χ0n) is 6.45. The zero-order chi connectivity index (χ0) is 8.55. The minimum atomic E-state index is -0.900. The SMILES string of the molecule is O=C(O)c1cnnc2c1CCC2. The second-order valence-electron chi connectivity index (χ2n) is 2.84. The molecule has 1 aliphatic rings. The number of carboxylic acid groups (broad SMARTS) is 1. The first-order valence-corrected chi connectivity index (χ1v) is 3.86. The molecule has 0 atom stereocenters. The molecule has 0 amide bonds. The monoisotopic (exact) mass is 164 g/mol. The zero-order valence-corrected chi connectivity index (χ0v) is 6.45. The minimum absolute atomic E-state index is 0.317. The Bertz CT molecular complexity index is 336. The van der Waals surface area contributed by atoms with Gasteiger partial charge in [-0.2, -0.15) is 10.2 Å². The quantitative estimate of drug-likeness (QED) is 0.662. The highest BCUT2D eigenvalue weighted by Crippen LogP contribution is 2.21. The smallest absolute Gasteiger partial charge is 0.337 e. The summed E-state index contributed by atoms with van der Waals surface area (Å²) in [5, 5.41) is 16.3. The molecule has 0 saturated carbocycles. The van der Waals surface area contributed by atoms with Crippen molar-refractivity contribution in [2.45, 2.75) is 19.3 Å². The van der Waals surface area contributed by atoms with Crippen molar-refractivity contribution in [2.75, 3.05) is 0 Å². The van der Waals surface area contributed by atoms with Gasteiger partial charge >= 0.3 is 5.97 Å². The molecule has 1 heterocycles. The summed E-state index contributed by atoms with van der Waals surface area (Å²) in [6.07, 6.45) is 4.01. The molecule has 1 aliphatic carbocycles. The van der Waals surface area contributed by atoms with Crippen LogP contribution in [-0.4, -0.2) is 21.3 Å². The fourth-order valence-corrected chi connectivity index (χ4v) is 1.55. The van der Waals surface area contributed by atoms with Crippen LogP contribution in [0.1, 0.15) is 28.0 Å². The topological polar surface area (TPSA) is 63.1 Å². The molecule has 1 aromatic heterocycles. The number of rotatable bonds is 1. The van der Waals surface area contributed by atoms with Gasteiger partial charge in [0.2, 0.25) is 0 Å². The molecule has 12 heavy (non-hydrogen) atoms. The van der Waals surface area contributed by atoms with E-state index in [1.54, 1.807) is 0 Å². The third-order valence-electron chi connectivity index (χ3n) is 2.11. The molecule has 0 radical (unpaired) electrons. The molecule has 0 bridgehead atoms. The van der Waals surface area contributed by atoms with Crippen LogP contribution in [0.5, 0.6) is 0 Å². The molecule has 4 heteroatoms. The van der Waals surface area contributed by atoms with E-state index in [9.17, 15) is 4.79 Å². The third kappa shape index (κ3) is 0.958. The van der Waals surface area contributed by atoms with Crippen LogP contribution in [0.3, 0.4) is 0 Å². The maximum Gasteiger partial charge on any atom is 0.337 e. The second-order valence-corrected chi connectivity index (χ2v) is 2.84. The highest BCUT2D eigenvalue weighted by molar-refractivity contribution is 5.89. The predicted octanol–water partition coefficient (Wildman–Crippen LogP) is 0.663. The van der Waals surface area contributed by atoms with Gasteiger partial charge in [0, 0.05) is 0 Å². The summed E-state index contributed by atoms with van der Waals surface area (Å²) in [6, 6.07) is 0. The van der Waals surface area contributed by atoms with Gasteiger partial charge in [0.1, 0.15) is 0 Å². The number of hydrogen-bond donors (Lipinski definition) is 1. The van der Waals surface area contributed by atoms with Gasteiger partial charge in [0.05, 0.1) is 17.5 Å². The van der Waals surface area contributed by atoms with E-state index in [0.29, 0.717) is 5.56 Å².